The molecule has 21 heavy (non-hydrogen) atoms. The molecule has 0 atom stereocenters. The minimum atomic E-state index is -3.30. The van der Waals surface area contributed by atoms with Crippen molar-refractivity contribution in [3.8, 4) is 11.3 Å². The van der Waals surface area contributed by atoms with Crippen molar-refractivity contribution in [1.82, 2.24) is 9.97 Å². The number of rotatable bonds is 4. The largest absolute Gasteiger partial charge is 0.461 e. The molecule has 1 aromatic heterocycles. The van der Waals surface area contributed by atoms with E-state index in [9.17, 15) is 13.2 Å². The molecule has 0 aliphatic heterocycles. The number of aromatic nitrogens is 2. The Morgan fingerprint density at radius 3 is 2.67 bits per heavy atom. The average Bonchev–Trinajstić information content (AvgIpc) is 2.47. The van der Waals surface area contributed by atoms with Crippen LogP contribution < -0.4 is 0 Å². The summed E-state index contributed by atoms with van der Waals surface area (Å²) in [5.41, 5.74) is 1.18. The summed E-state index contributed by atoms with van der Waals surface area (Å²) >= 11 is 0. The summed E-state index contributed by atoms with van der Waals surface area (Å²) in [6, 6.07) is 7.82. The summed E-state index contributed by atoms with van der Waals surface area (Å²) in [4.78, 5) is 19.7. The molecule has 1 aromatic carbocycles. The van der Waals surface area contributed by atoms with Gasteiger partial charge in [-0.2, -0.15) is 0 Å². The van der Waals surface area contributed by atoms with E-state index < -0.39 is 15.8 Å². The molecule has 0 N–H and O–H groups in total. The standard InChI is InChI=1S/C14H14N2O4S/c1-3-20-14(17)13-8-12(15-9-16-13)10-5-4-6-11(7-10)21(2,18)19/h4-9H,3H2,1-2H3. The summed E-state index contributed by atoms with van der Waals surface area (Å²) in [5, 5.41) is 0. The van der Waals surface area contributed by atoms with Crippen molar-refractivity contribution in [2.45, 2.75) is 11.8 Å². The Bertz CT molecular complexity index is 772. The van der Waals surface area contributed by atoms with E-state index in [0.29, 0.717) is 11.3 Å². The molecular weight excluding hydrogens is 292 g/mol. The second kappa shape index (κ2) is 6.01. The van der Waals surface area contributed by atoms with Crippen LogP contribution in [0.3, 0.4) is 0 Å². The lowest BCUT2D eigenvalue weighted by molar-refractivity contribution is 0.0519. The Kier molecular flexibility index (Phi) is 4.32. The normalized spacial score (nSPS) is 11.1. The third-order valence-corrected chi connectivity index (χ3v) is 3.82. The molecule has 0 amide bonds. The van der Waals surface area contributed by atoms with Gasteiger partial charge in [-0.15, -0.1) is 0 Å². The third-order valence-electron chi connectivity index (χ3n) is 2.71. The highest BCUT2D eigenvalue weighted by Gasteiger charge is 2.12. The van der Waals surface area contributed by atoms with Gasteiger partial charge in [0.2, 0.25) is 0 Å². The molecule has 0 fully saturated rings. The molecule has 0 bridgehead atoms. The van der Waals surface area contributed by atoms with E-state index in [2.05, 4.69) is 9.97 Å². The van der Waals surface area contributed by atoms with Gasteiger partial charge in [0.1, 0.15) is 6.33 Å². The Morgan fingerprint density at radius 2 is 2.00 bits per heavy atom. The Hall–Kier alpha value is -2.28. The molecule has 0 aliphatic rings. The SMILES string of the molecule is CCOC(=O)c1cc(-c2cccc(S(C)(=O)=O)c2)ncn1. The number of ether oxygens (including phenoxy) is 1. The van der Waals surface area contributed by atoms with Crippen LogP contribution in [-0.4, -0.2) is 37.2 Å². The van der Waals surface area contributed by atoms with Crippen molar-refractivity contribution < 1.29 is 17.9 Å². The van der Waals surface area contributed by atoms with Crippen LogP contribution in [0.2, 0.25) is 0 Å². The third kappa shape index (κ3) is 3.63. The smallest absolute Gasteiger partial charge is 0.357 e. The summed E-state index contributed by atoms with van der Waals surface area (Å²) in [5.74, 6) is -0.541. The monoisotopic (exact) mass is 306 g/mol. The van der Waals surface area contributed by atoms with E-state index in [-0.39, 0.29) is 17.2 Å². The van der Waals surface area contributed by atoms with Crippen molar-refractivity contribution in [2.75, 3.05) is 12.9 Å². The molecule has 2 rings (SSSR count). The minimum absolute atomic E-state index is 0.131. The van der Waals surface area contributed by atoms with E-state index in [4.69, 9.17) is 4.74 Å². The number of carbonyl (C=O) groups excluding carboxylic acids is 1. The van der Waals surface area contributed by atoms with Gasteiger partial charge in [-0.25, -0.2) is 23.2 Å². The number of benzene rings is 1. The molecule has 110 valence electrons. The number of sulfone groups is 1. The molecule has 0 radical (unpaired) electrons. The van der Waals surface area contributed by atoms with Gasteiger partial charge in [0.15, 0.2) is 15.5 Å². The van der Waals surface area contributed by atoms with E-state index in [1.54, 1.807) is 19.1 Å². The van der Waals surface area contributed by atoms with E-state index in [1.807, 2.05) is 0 Å². The lowest BCUT2D eigenvalue weighted by Gasteiger charge is -2.05. The van der Waals surface area contributed by atoms with Gasteiger partial charge in [-0.1, -0.05) is 12.1 Å². The van der Waals surface area contributed by atoms with Gasteiger partial charge in [-0.3, -0.25) is 0 Å². The lowest BCUT2D eigenvalue weighted by atomic mass is 10.1. The summed E-state index contributed by atoms with van der Waals surface area (Å²) in [6.07, 6.45) is 2.38. The van der Waals surface area contributed by atoms with Gasteiger partial charge >= 0.3 is 5.97 Å². The van der Waals surface area contributed by atoms with Crippen LogP contribution in [0.15, 0.2) is 41.6 Å². The zero-order chi connectivity index (χ0) is 15.5. The van der Waals surface area contributed by atoms with Crippen LogP contribution in [0.4, 0.5) is 0 Å². The molecule has 7 heteroatoms. The molecule has 0 spiro atoms. The fraction of sp³-hybridized carbons (Fsp3) is 0.214. The summed E-state index contributed by atoms with van der Waals surface area (Å²) in [7, 11) is -3.30. The van der Waals surface area contributed by atoms with Crippen LogP contribution in [0.25, 0.3) is 11.3 Å². The van der Waals surface area contributed by atoms with E-state index >= 15 is 0 Å². The fourth-order valence-corrected chi connectivity index (χ4v) is 2.38. The molecule has 2 aromatic rings. The molecular formula is C14H14N2O4S. The zero-order valence-electron chi connectivity index (χ0n) is 11.6. The molecule has 1 heterocycles. The van der Waals surface area contributed by atoms with E-state index in [0.717, 1.165) is 6.26 Å². The number of hydrogen-bond acceptors (Lipinski definition) is 6. The van der Waals surface area contributed by atoms with Crippen molar-refractivity contribution in [3.63, 3.8) is 0 Å². The van der Waals surface area contributed by atoms with Crippen molar-refractivity contribution in [1.29, 1.82) is 0 Å². The van der Waals surface area contributed by atoms with Gasteiger partial charge in [0.05, 0.1) is 17.2 Å². The van der Waals surface area contributed by atoms with E-state index in [1.165, 1.54) is 24.5 Å². The predicted octanol–water partition coefficient (Wildman–Crippen LogP) is 1.72. The maximum absolute atomic E-state index is 11.6. The highest BCUT2D eigenvalue weighted by molar-refractivity contribution is 7.90. The lowest BCUT2D eigenvalue weighted by Crippen LogP contribution is -2.07. The number of carbonyl (C=O) groups is 1. The fourth-order valence-electron chi connectivity index (χ4n) is 1.72. The van der Waals surface area contributed by atoms with Crippen LogP contribution in [0.5, 0.6) is 0 Å². The average molecular weight is 306 g/mol. The summed E-state index contributed by atoms with van der Waals surface area (Å²) < 4.78 is 28.0. The number of hydrogen-bond donors (Lipinski definition) is 0. The first-order valence-electron chi connectivity index (χ1n) is 6.21. The second-order valence-electron chi connectivity index (χ2n) is 4.31. The first-order chi connectivity index (χ1) is 9.91. The molecule has 0 saturated heterocycles. The maximum atomic E-state index is 11.6. The highest BCUT2D eigenvalue weighted by Crippen LogP contribution is 2.21. The van der Waals surface area contributed by atoms with Gasteiger partial charge < -0.3 is 4.74 Å². The number of nitrogens with zero attached hydrogens (tertiary/aromatic N) is 2. The quantitative estimate of drug-likeness (QED) is 0.799. The van der Waals surface area contributed by atoms with Crippen LogP contribution in [0, 0.1) is 0 Å². The van der Waals surface area contributed by atoms with Gasteiger partial charge in [0, 0.05) is 11.8 Å². The predicted molar refractivity (Wildman–Crippen MR) is 76.5 cm³/mol. The van der Waals surface area contributed by atoms with Crippen molar-refractivity contribution in [3.05, 3.63) is 42.4 Å². The van der Waals surface area contributed by atoms with Crippen LogP contribution in [-0.2, 0) is 14.6 Å². The Labute approximate surface area is 122 Å². The van der Waals surface area contributed by atoms with Crippen LogP contribution >= 0.6 is 0 Å². The van der Waals surface area contributed by atoms with Crippen molar-refractivity contribution in [2.24, 2.45) is 0 Å². The molecule has 0 unspecified atom stereocenters. The van der Waals surface area contributed by atoms with Crippen molar-refractivity contribution >= 4 is 15.8 Å². The Balaban J connectivity index is 2.43. The van der Waals surface area contributed by atoms with Gasteiger partial charge in [0.25, 0.3) is 0 Å². The first-order valence-corrected chi connectivity index (χ1v) is 8.10. The maximum Gasteiger partial charge on any atom is 0.357 e. The molecule has 0 aliphatic carbocycles. The number of esters is 1. The molecule has 6 nitrogen and oxygen atoms in total. The Morgan fingerprint density at radius 1 is 1.24 bits per heavy atom. The minimum Gasteiger partial charge on any atom is -0.461 e. The highest BCUT2D eigenvalue weighted by atomic mass is 32.2. The van der Waals surface area contributed by atoms with Crippen LogP contribution in [0.1, 0.15) is 17.4 Å². The first kappa shape index (κ1) is 15.1. The molecule has 0 saturated carbocycles. The van der Waals surface area contributed by atoms with Gasteiger partial charge in [-0.05, 0) is 25.1 Å². The topological polar surface area (TPSA) is 86.2 Å². The second-order valence-corrected chi connectivity index (χ2v) is 6.32. The zero-order valence-corrected chi connectivity index (χ0v) is 12.4. The summed E-state index contributed by atoms with van der Waals surface area (Å²) in [6.45, 7) is 1.96.